The van der Waals surface area contributed by atoms with Crippen LogP contribution >= 0.6 is 10.9 Å². The van der Waals surface area contributed by atoms with Crippen LogP contribution in [0.3, 0.4) is 0 Å². The van der Waals surface area contributed by atoms with Crippen LogP contribution < -0.4 is 0 Å². The molecular formula is C7H14O6S. The van der Waals surface area contributed by atoms with Crippen LogP contribution in [-0.4, -0.2) is 39.8 Å². The van der Waals surface area contributed by atoms with Gasteiger partial charge in [0.15, 0.2) is 0 Å². The Morgan fingerprint density at radius 3 is 2.71 bits per heavy atom. The lowest BCUT2D eigenvalue weighted by molar-refractivity contribution is 0.0205. The van der Waals surface area contributed by atoms with Gasteiger partial charge >= 0.3 is 6.16 Å². The van der Waals surface area contributed by atoms with Crippen molar-refractivity contribution in [3.05, 3.63) is 0 Å². The van der Waals surface area contributed by atoms with E-state index in [1.165, 1.54) is 0 Å². The van der Waals surface area contributed by atoms with Gasteiger partial charge in [0.1, 0.15) is 12.7 Å². The normalized spacial score (nSPS) is 32.3. The maximum absolute atomic E-state index is 10.9. The maximum Gasteiger partial charge on any atom is 0.508 e. The quantitative estimate of drug-likeness (QED) is 0.696. The van der Waals surface area contributed by atoms with Gasteiger partial charge in [0, 0.05) is 0 Å². The van der Waals surface area contributed by atoms with Gasteiger partial charge in [0.05, 0.1) is 22.7 Å². The minimum absolute atomic E-state index is 0.0116. The molecule has 0 aromatic carbocycles. The molecule has 0 aromatic rings. The van der Waals surface area contributed by atoms with Crippen LogP contribution in [0.15, 0.2) is 0 Å². The van der Waals surface area contributed by atoms with E-state index in [2.05, 4.69) is 4.74 Å². The van der Waals surface area contributed by atoms with E-state index in [0.29, 0.717) is 0 Å². The summed E-state index contributed by atoms with van der Waals surface area (Å²) in [7, 11) is -3.07. The highest BCUT2D eigenvalue weighted by atomic mass is 32.3. The fourth-order valence-corrected chi connectivity index (χ4v) is 2.09. The second-order valence-corrected chi connectivity index (χ2v) is 4.92. The van der Waals surface area contributed by atoms with Gasteiger partial charge in [0.25, 0.3) is 0 Å². The van der Waals surface area contributed by atoms with Crippen LogP contribution in [0.25, 0.3) is 0 Å². The van der Waals surface area contributed by atoms with Crippen LogP contribution in [0.5, 0.6) is 0 Å². The van der Waals surface area contributed by atoms with E-state index in [9.17, 15) is 13.9 Å². The predicted octanol–water partition coefficient (Wildman–Crippen LogP) is 1.61. The van der Waals surface area contributed by atoms with Gasteiger partial charge in [-0.2, -0.15) is 0 Å². The Bertz CT molecular complexity index is 218. The largest absolute Gasteiger partial charge is 0.508 e. The average molecular weight is 226 g/mol. The maximum atomic E-state index is 10.9. The number of carbonyl (C=O) groups excluding carboxylic acids is 1. The zero-order valence-corrected chi connectivity index (χ0v) is 8.82. The molecule has 2 unspecified atom stereocenters. The molecule has 1 saturated heterocycles. The molecule has 84 valence electrons. The van der Waals surface area contributed by atoms with Gasteiger partial charge in [0.2, 0.25) is 0 Å². The first-order valence-electron chi connectivity index (χ1n) is 4.22. The molecule has 1 rings (SSSR count). The Labute approximate surface area is 83.7 Å². The minimum atomic E-state index is -3.07. The third-order valence-corrected chi connectivity index (χ3v) is 3.68. The zero-order valence-electron chi connectivity index (χ0n) is 8.00. The van der Waals surface area contributed by atoms with E-state index in [4.69, 9.17) is 8.92 Å². The second-order valence-electron chi connectivity index (χ2n) is 2.87. The molecule has 0 aliphatic carbocycles. The van der Waals surface area contributed by atoms with Crippen molar-refractivity contribution in [2.45, 2.75) is 25.2 Å². The lowest BCUT2D eigenvalue weighted by Crippen LogP contribution is -2.28. The van der Waals surface area contributed by atoms with Gasteiger partial charge in [-0.25, -0.2) is 4.79 Å². The second kappa shape index (κ2) is 4.35. The number of ether oxygens (including phenoxy) is 2. The Morgan fingerprint density at radius 1 is 1.64 bits per heavy atom. The first-order chi connectivity index (χ1) is 6.47. The monoisotopic (exact) mass is 226 g/mol. The summed E-state index contributed by atoms with van der Waals surface area (Å²) < 4.78 is 32.6. The number of carbonyl (C=O) groups is 1. The molecule has 7 heteroatoms. The van der Waals surface area contributed by atoms with Crippen molar-refractivity contribution in [1.82, 2.24) is 0 Å². The van der Waals surface area contributed by atoms with Crippen molar-refractivity contribution < 1.29 is 27.6 Å². The highest BCUT2D eigenvalue weighted by Gasteiger charge is 2.43. The number of hydrogen-bond acceptors (Lipinski definition) is 6. The zero-order chi connectivity index (χ0) is 10.8. The smallest absolute Gasteiger partial charge is 0.435 e. The van der Waals surface area contributed by atoms with Crippen LogP contribution in [0.2, 0.25) is 0 Å². The van der Waals surface area contributed by atoms with Gasteiger partial charge in [-0.3, -0.25) is 4.18 Å². The standard InChI is InChI=1S/C7H14O6S/c1-3-11-7(8)13-6-4-12-14(9,10)5(6)2/h5-6,9-10H,3-4H2,1-2H3. The van der Waals surface area contributed by atoms with Crippen molar-refractivity contribution in [2.75, 3.05) is 13.2 Å². The van der Waals surface area contributed by atoms with Crippen molar-refractivity contribution >= 4 is 17.0 Å². The van der Waals surface area contributed by atoms with Crippen LogP contribution in [-0.2, 0) is 13.7 Å². The van der Waals surface area contributed by atoms with Crippen LogP contribution in [0, 0.1) is 0 Å². The molecule has 1 fully saturated rings. The van der Waals surface area contributed by atoms with Crippen LogP contribution in [0.4, 0.5) is 4.79 Å². The molecule has 2 N–H and O–H groups in total. The van der Waals surface area contributed by atoms with Crippen molar-refractivity contribution in [2.24, 2.45) is 0 Å². The molecule has 0 radical (unpaired) electrons. The van der Waals surface area contributed by atoms with Gasteiger partial charge in [-0.15, -0.1) is 0 Å². The topological polar surface area (TPSA) is 85.2 Å². The Kier molecular flexibility index (Phi) is 3.59. The predicted molar refractivity (Wildman–Crippen MR) is 50.2 cm³/mol. The summed E-state index contributed by atoms with van der Waals surface area (Å²) >= 11 is 0. The third kappa shape index (κ3) is 2.50. The van der Waals surface area contributed by atoms with E-state index in [0.717, 1.165) is 0 Å². The summed E-state index contributed by atoms with van der Waals surface area (Å²) in [5, 5.41) is -0.619. The third-order valence-electron chi connectivity index (χ3n) is 1.92. The van der Waals surface area contributed by atoms with Crippen molar-refractivity contribution in [1.29, 1.82) is 0 Å². The molecule has 14 heavy (non-hydrogen) atoms. The summed E-state index contributed by atoms with van der Waals surface area (Å²) in [4.78, 5) is 10.9. The fraction of sp³-hybridized carbons (Fsp3) is 0.857. The molecule has 0 saturated carbocycles. The molecule has 0 spiro atoms. The van der Waals surface area contributed by atoms with E-state index in [1.807, 2.05) is 0 Å². The summed E-state index contributed by atoms with van der Waals surface area (Å²) in [6, 6.07) is 0. The highest BCUT2D eigenvalue weighted by molar-refractivity contribution is 8.20. The molecule has 1 heterocycles. The Hall–Kier alpha value is -0.500. The van der Waals surface area contributed by atoms with Gasteiger partial charge < -0.3 is 18.6 Å². The Balaban J connectivity index is 2.44. The molecule has 0 bridgehead atoms. The highest BCUT2D eigenvalue weighted by Crippen LogP contribution is 2.52. The minimum Gasteiger partial charge on any atom is -0.435 e. The number of hydrogen-bond donors (Lipinski definition) is 2. The summed E-state index contributed by atoms with van der Waals surface area (Å²) in [5.74, 6) is 0. The van der Waals surface area contributed by atoms with E-state index < -0.39 is 28.4 Å². The summed E-state index contributed by atoms with van der Waals surface area (Å²) in [5.41, 5.74) is 0. The first-order valence-corrected chi connectivity index (χ1v) is 5.75. The summed E-state index contributed by atoms with van der Waals surface area (Å²) in [6.07, 6.45) is -1.47. The van der Waals surface area contributed by atoms with E-state index in [1.54, 1.807) is 13.8 Å². The fourth-order valence-electron chi connectivity index (χ4n) is 1.01. The van der Waals surface area contributed by atoms with Crippen molar-refractivity contribution in [3.8, 4) is 0 Å². The number of rotatable bonds is 2. The van der Waals surface area contributed by atoms with Gasteiger partial charge in [-0.1, -0.05) is 0 Å². The molecule has 1 aliphatic heterocycles. The average Bonchev–Trinajstić information content (AvgIpc) is 2.33. The lowest BCUT2D eigenvalue weighted by atomic mass is 10.3. The van der Waals surface area contributed by atoms with E-state index in [-0.39, 0.29) is 13.2 Å². The van der Waals surface area contributed by atoms with Crippen molar-refractivity contribution in [3.63, 3.8) is 0 Å². The molecule has 6 nitrogen and oxygen atoms in total. The Morgan fingerprint density at radius 2 is 2.29 bits per heavy atom. The molecule has 1 aliphatic rings. The summed E-state index contributed by atoms with van der Waals surface area (Å²) in [6.45, 7) is 3.41. The first kappa shape index (κ1) is 11.6. The molecule has 0 amide bonds. The molecule has 2 atom stereocenters. The molecule has 0 aromatic heterocycles. The van der Waals surface area contributed by atoms with Crippen LogP contribution in [0.1, 0.15) is 13.8 Å². The van der Waals surface area contributed by atoms with Gasteiger partial charge in [-0.05, 0) is 13.8 Å². The van der Waals surface area contributed by atoms with E-state index >= 15 is 0 Å². The molecular weight excluding hydrogens is 212 g/mol. The SMILES string of the molecule is CCOC(=O)OC1COS(O)(O)C1C. The lowest BCUT2D eigenvalue weighted by Gasteiger charge is -2.25.